The van der Waals surface area contributed by atoms with E-state index in [-0.39, 0.29) is 135 Å². The number of aromatic carboxylic acids is 2. The molecule has 2 aliphatic carbocycles. The van der Waals surface area contributed by atoms with Gasteiger partial charge in [0, 0.05) is 101 Å². The van der Waals surface area contributed by atoms with E-state index in [2.05, 4.69) is 31.7 Å². The molecule has 0 aromatic heterocycles. The lowest BCUT2D eigenvalue weighted by atomic mass is 9.94. The number of hydrazone groups is 2. The molecule has 20 N–H and O–H groups in total. The summed E-state index contributed by atoms with van der Waals surface area (Å²) in [4.78, 5) is 67.3. The second kappa shape index (κ2) is 45.5. The minimum Gasteiger partial charge on any atom is -0.478 e. The lowest BCUT2D eigenvalue weighted by Gasteiger charge is -2.18. The highest BCUT2D eigenvalue weighted by atomic mass is 32.2. The molecule has 2 amide bonds. The summed E-state index contributed by atoms with van der Waals surface area (Å²) < 4.78 is 68.9. The van der Waals surface area contributed by atoms with Gasteiger partial charge in [-0.05, 0) is 108 Å². The Balaban J connectivity index is 0.000000628. The van der Waals surface area contributed by atoms with E-state index in [0.29, 0.717) is 78.5 Å². The predicted octanol–water partition coefficient (Wildman–Crippen LogP) is -2.43. The number of rotatable bonds is 34. The van der Waals surface area contributed by atoms with Crippen LogP contribution in [0.1, 0.15) is 52.6 Å². The molecule has 4 aromatic carbocycles. The maximum absolute atomic E-state index is 13.3. The molecule has 0 bridgehead atoms. The van der Waals surface area contributed by atoms with Crippen LogP contribution < -0.4 is 21.5 Å². The molecular formula is C59H84N10O25S2. The lowest BCUT2D eigenvalue weighted by Crippen LogP contribution is -2.32. The number of fused-ring (bicyclic) bond motifs is 2. The number of nitrogens with zero attached hydrogens (tertiary/aromatic N) is 6. The van der Waals surface area contributed by atoms with Crippen LogP contribution in [0.2, 0.25) is 0 Å². The van der Waals surface area contributed by atoms with Crippen LogP contribution in [0.25, 0.3) is 12.2 Å². The van der Waals surface area contributed by atoms with E-state index in [1.165, 1.54) is 84.9 Å². The first-order chi connectivity index (χ1) is 45.8. The zero-order chi connectivity index (χ0) is 71.8. The molecule has 0 heterocycles. The first-order valence-corrected chi connectivity index (χ1v) is 32.0. The SMILES string of the molecule is O=C(Nc1ccc2c(c1)C=C(S(=O)(=O)O)/C(=N\Nc1ccc(C(=O)O)cc1)C2=O)Nc1ccc2c(c1)C=C(S(=O)(=O)O)/C(=N/Nc1ccc(C(=O)O)cc1)C2=O.OCCN(CCO)CCO.OCCN(CCO)CCO.OCCN(CCO)CCO.OCCN(CCO)CCO. The molecule has 6 rings (SSSR count). The lowest BCUT2D eigenvalue weighted by molar-refractivity contribution is 0.0686. The van der Waals surface area contributed by atoms with Crippen molar-refractivity contribution in [3.05, 3.63) is 128 Å². The van der Waals surface area contributed by atoms with E-state index in [1.54, 1.807) is 19.6 Å². The summed E-state index contributed by atoms with van der Waals surface area (Å²) in [5, 5.41) is 133. The molecule has 4 aromatic rings. The number of hydrogen-bond acceptors (Lipinski definition) is 29. The zero-order valence-corrected chi connectivity index (χ0v) is 53.7. The third kappa shape index (κ3) is 30.0. The number of anilines is 4. The monoisotopic (exact) mass is 1400 g/mol. The summed E-state index contributed by atoms with van der Waals surface area (Å²) in [6.45, 7) is 7.01. The molecule has 0 unspecified atom stereocenters. The van der Waals surface area contributed by atoms with Crippen LogP contribution in [0, 0.1) is 0 Å². The molecule has 2 aliphatic rings. The van der Waals surface area contributed by atoms with Gasteiger partial charge in [0.2, 0.25) is 11.6 Å². The largest absolute Gasteiger partial charge is 0.478 e. The van der Waals surface area contributed by atoms with Crippen molar-refractivity contribution in [1.82, 2.24) is 19.6 Å². The number of aliphatic hydroxyl groups is 12. The molecule has 35 nitrogen and oxygen atoms in total. The van der Waals surface area contributed by atoms with Gasteiger partial charge in [-0.15, -0.1) is 0 Å². The molecular weight excluding hydrogens is 1310 g/mol. The normalized spacial score (nSPS) is 13.4. The van der Waals surface area contributed by atoms with E-state index in [9.17, 15) is 49.9 Å². The smallest absolute Gasteiger partial charge is 0.335 e. The number of carboxylic acids is 2. The average molecular weight is 1400 g/mol. The van der Waals surface area contributed by atoms with Gasteiger partial charge in [0.15, 0.2) is 11.4 Å². The number of benzene rings is 4. The van der Waals surface area contributed by atoms with Crippen molar-refractivity contribution in [1.29, 1.82) is 0 Å². The highest BCUT2D eigenvalue weighted by Gasteiger charge is 2.35. The molecule has 0 saturated carbocycles. The third-order valence-corrected chi connectivity index (χ3v) is 14.7. The van der Waals surface area contributed by atoms with Gasteiger partial charge < -0.3 is 82.1 Å². The number of aliphatic hydroxyl groups excluding tert-OH is 12. The van der Waals surface area contributed by atoms with Gasteiger partial charge >= 0.3 is 18.0 Å². The van der Waals surface area contributed by atoms with E-state index < -0.39 is 71.0 Å². The van der Waals surface area contributed by atoms with Crippen LogP contribution >= 0.6 is 0 Å². The highest BCUT2D eigenvalue weighted by Crippen LogP contribution is 2.30. The number of urea groups is 1. The second-order valence-corrected chi connectivity index (χ2v) is 22.5. The van der Waals surface area contributed by atoms with Crippen LogP contribution in [0.5, 0.6) is 0 Å². The maximum Gasteiger partial charge on any atom is 0.335 e. The Morgan fingerprint density at radius 3 is 0.802 bits per heavy atom. The molecule has 0 saturated heterocycles. The fraction of sp³-hybridized carbons (Fsp3) is 0.407. The number of nitrogens with one attached hydrogen (secondary N) is 4. The third-order valence-electron chi connectivity index (χ3n) is 13.0. The molecule has 0 aliphatic heterocycles. The molecule has 37 heteroatoms. The van der Waals surface area contributed by atoms with Crippen molar-refractivity contribution in [3.63, 3.8) is 0 Å². The first-order valence-electron chi connectivity index (χ1n) is 29.2. The first kappa shape index (κ1) is 84.1. The van der Waals surface area contributed by atoms with Crippen molar-refractivity contribution in [2.75, 3.05) is 179 Å². The number of carbonyl (C=O) groups is 5. The second-order valence-electron chi connectivity index (χ2n) is 19.8. The molecule has 96 heavy (non-hydrogen) atoms. The van der Waals surface area contributed by atoms with Crippen LogP contribution in [0.3, 0.4) is 0 Å². The molecule has 0 radical (unpaired) electrons. The number of carboxylic acid groups (broad SMARTS) is 2. The fourth-order valence-corrected chi connectivity index (χ4v) is 9.70. The Kier molecular flexibility index (Phi) is 39.8. The van der Waals surface area contributed by atoms with E-state index in [1.807, 2.05) is 0 Å². The van der Waals surface area contributed by atoms with Crippen molar-refractivity contribution in [2.24, 2.45) is 10.2 Å². The Labute approximate surface area is 552 Å². The maximum atomic E-state index is 13.3. The van der Waals surface area contributed by atoms with E-state index in [4.69, 9.17) is 71.5 Å². The van der Waals surface area contributed by atoms with Gasteiger partial charge in [0.1, 0.15) is 9.81 Å². The van der Waals surface area contributed by atoms with E-state index >= 15 is 0 Å². The molecule has 532 valence electrons. The number of ketones is 2. The summed E-state index contributed by atoms with van der Waals surface area (Å²) in [5.41, 5.74) is 3.94. The molecule has 0 fully saturated rings. The van der Waals surface area contributed by atoms with Crippen LogP contribution in [0.15, 0.2) is 105 Å². The quantitative estimate of drug-likeness (QED) is 0.0171. The fourth-order valence-electron chi connectivity index (χ4n) is 8.38. The minimum atomic E-state index is -5.02. The Morgan fingerprint density at radius 1 is 0.365 bits per heavy atom. The number of hydrogen-bond donors (Lipinski definition) is 20. The van der Waals surface area contributed by atoms with E-state index in [0.717, 1.165) is 12.2 Å². The Morgan fingerprint density at radius 2 is 0.594 bits per heavy atom. The summed E-state index contributed by atoms with van der Waals surface area (Å²) >= 11 is 0. The van der Waals surface area contributed by atoms with Gasteiger partial charge in [-0.3, -0.25) is 49.1 Å². The summed E-state index contributed by atoms with van der Waals surface area (Å²) in [5.74, 6) is -4.17. The van der Waals surface area contributed by atoms with Crippen LogP contribution in [0.4, 0.5) is 27.5 Å². The topological polar surface area (TPSA) is 563 Å². The average Bonchev–Trinajstić information content (AvgIpc) is 0.776. The van der Waals surface area contributed by atoms with Crippen molar-refractivity contribution >= 4 is 96.1 Å². The summed E-state index contributed by atoms with van der Waals surface area (Å²) in [6, 6.07) is 17.1. The summed E-state index contributed by atoms with van der Waals surface area (Å²) in [6.07, 6.45) is 1.93. The summed E-state index contributed by atoms with van der Waals surface area (Å²) in [7, 11) is -10.0. The van der Waals surface area contributed by atoms with Crippen molar-refractivity contribution < 1.29 is 121 Å². The minimum absolute atomic E-state index is 0.00964. The number of allylic oxidation sites excluding steroid dienone is 2. The number of carbonyl (C=O) groups excluding carboxylic acids is 3. The van der Waals surface area contributed by atoms with Gasteiger partial charge in [-0.2, -0.15) is 27.0 Å². The number of amides is 2. The van der Waals surface area contributed by atoms with Gasteiger partial charge in [0.25, 0.3) is 20.2 Å². The van der Waals surface area contributed by atoms with Crippen LogP contribution in [-0.4, -0.2) is 316 Å². The van der Waals surface area contributed by atoms with Gasteiger partial charge in [-0.1, -0.05) is 0 Å². The molecule has 0 atom stereocenters. The Bertz CT molecular complexity index is 3140. The van der Waals surface area contributed by atoms with Gasteiger partial charge in [-0.25, -0.2) is 14.4 Å². The Hall–Kier alpha value is -7.97. The highest BCUT2D eigenvalue weighted by molar-refractivity contribution is 7.91. The molecule has 0 spiro atoms. The number of Topliss-reactive ketones (excluding diaryl/α,β-unsaturated/α-hetero) is 2. The van der Waals surface area contributed by atoms with Crippen molar-refractivity contribution in [2.45, 2.75) is 0 Å². The van der Waals surface area contributed by atoms with Gasteiger partial charge in [0.05, 0.1) is 102 Å². The predicted molar refractivity (Wildman–Crippen MR) is 353 cm³/mol. The van der Waals surface area contributed by atoms with Crippen molar-refractivity contribution in [3.8, 4) is 0 Å². The van der Waals surface area contributed by atoms with Crippen LogP contribution in [-0.2, 0) is 20.2 Å². The zero-order valence-electron chi connectivity index (χ0n) is 52.0. The standard InChI is InChI=1S/C35H24N6O13S2.4C6H15NO3/c42-31-25-11-9-23(13-19(25)15-27(55(49,50)51)29(31)40-38-21-5-1-17(2-6-21)33(44)45)36-35(48)37-24-10-12-26-20(14-24)16-28(56(52,53)54)30(32(26)43)41-39-22-7-3-18(4-8-22)34(46)47;4*8-4-1-7(2-5-9)3-6-10/h1-16,38-39H,(H,44,45)(H,46,47)(H2,36,37,48)(H,49,50,51)(H,52,53,54);4*8-10H,1-6H2/b40-29-,41-30+;;;;.